The molecule has 2 heterocycles. The molecule has 2 aromatic rings. The maximum Gasteiger partial charge on any atom is 0.260 e. The zero-order valence-corrected chi connectivity index (χ0v) is 13.9. The van der Waals surface area contributed by atoms with Crippen molar-refractivity contribution < 1.29 is 9.53 Å². The number of nitrogens with zero attached hydrogens (tertiary/aromatic N) is 2. The lowest BCUT2D eigenvalue weighted by Gasteiger charge is -2.32. The first kappa shape index (κ1) is 16.3. The highest BCUT2D eigenvalue weighted by Crippen LogP contribution is 2.16. The summed E-state index contributed by atoms with van der Waals surface area (Å²) in [5.74, 6) is 0.789. The fourth-order valence-corrected chi connectivity index (χ4v) is 2.83. The lowest BCUT2D eigenvalue weighted by Crippen LogP contribution is -2.44. The highest BCUT2D eigenvalue weighted by Gasteiger charge is 2.22. The predicted molar refractivity (Wildman–Crippen MR) is 94.1 cm³/mol. The molecule has 0 aliphatic carbocycles. The van der Waals surface area contributed by atoms with Crippen molar-refractivity contribution in [2.45, 2.75) is 25.8 Å². The van der Waals surface area contributed by atoms with Gasteiger partial charge in [-0.1, -0.05) is 17.7 Å². The number of hydrogen-bond donors (Lipinski definition) is 1. The Bertz CT molecular complexity index is 650. The molecule has 0 unspecified atom stereocenters. The van der Waals surface area contributed by atoms with Crippen LogP contribution in [0.5, 0.6) is 5.75 Å². The Balaban J connectivity index is 1.42. The van der Waals surface area contributed by atoms with Gasteiger partial charge in [0.15, 0.2) is 6.61 Å². The Morgan fingerprint density at radius 3 is 2.67 bits per heavy atom. The quantitative estimate of drug-likeness (QED) is 0.918. The SMILES string of the molecule is Cc1ccc(OCC(=O)N2CCC(Nc3cccnc3)CC2)cc1. The molecular formula is C19H23N3O2. The van der Waals surface area contributed by atoms with Gasteiger partial charge in [-0.25, -0.2) is 0 Å². The summed E-state index contributed by atoms with van der Waals surface area (Å²) in [4.78, 5) is 18.3. The molecule has 1 amide bonds. The van der Waals surface area contributed by atoms with Crippen LogP contribution in [0, 0.1) is 6.92 Å². The zero-order valence-electron chi connectivity index (χ0n) is 13.9. The molecule has 0 radical (unpaired) electrons. The average Bonchev–Trinajstić information content (AvgIpc) is 2.62. The molecule has 3 rings (SSSR count). The lowest BCUT2D eigenvalue weighted by atomic mass is 10.0. The summed E-state index contributed by atoms with van der Waals surface area (Å²) in [6.45, 7) is 3.64. The average molecular weight is 325 g/mol. The summed E-state index contributed by atoms with van der Waals surface area (Å²) >= 11 is 0. The lowest BCUT2D eigenvalue weighted by molar-refractivity contribution is -0.134. The third-order valence-electron chi connectivity index (χ3n) is 4.26. The van der Waals surface area contributed by atoms with Crippen LogP contribution in [0.15, 0.2) is 48.8 Å². The number of aryl methyl sites for hydroxylation is 1. The minimum absolute atomic E-state index is 0.0513. The van der Waals surface area contributed by atoms with Crippen molar-refractivity contribution in [3.8, 4) is 5.75 Å². The first-order chi connectivity index (χ1) is 11.7. The number of piperidine rings is 1. The Kier molecular flexibility index (Phi) is 5.31. The van der Waals surface area contributed by atoms with Gasteiger partial charge in [0.25, 0.3) is 5.91 Å². The molecule has 0 bridgehead atoms. The third-order valence-corrected chi connectivity index (χ3v) is 4.26. The first-order valence-electron chi connectivity index (χ1n) is 8.34. The van der Waals surface area contributed by atoms with Crippen molar-refractivity contribution in [2.24, 2.45) is 0 Å². The van der Waals surface area contributed by atoms with Crippen LogP contribution in [0.2, 0.25) is 0 Å². The molecule has 24 heavy (non-hydrogen) atoms. The number of hydrogen-bond acceptors (Lipinski definition) is 4. The van der Waals surface area contributed by atoms with Gasteiger partial charge in [-0.15, -0.1) is 0 Å². The second kappa shape index (κ2) is 7.81. The largest absolute Gasteiger partial charge is 0.484 e. The van der Waals surface area contributed by atoms with Crippen LogP contribution in [0.25, 0.3) is 0 Å². The molecule has 0 atom stereocenters. The number of benzene rings is 1. The number of pyridine rings is 1. The van der Waals surface area contributed by atoms with Crippen LogP contribution in [0.1, 0.15) is 18.4 Å². The van der Waals surface area contributed by atoms with Crippen molar-refractivity contribution in [1.82, 2.24) is 9.88 Å². The summed E-state index contributed by atoms with van der Waals surface area (Å²) in [6.07, 6.45) is 5.46. The highest BCUT2D eigenvalue weighted by atomic mass is 16.5. The van der Waals surface area contributed by atoms with Crippen LogP contribution in [-0.2, 0) is 4.79 Å². The number of carbonyl (C=O) groups is 1. The van der Waals surface area contributed by atoms with E-state index >= 15 is 0 Å². The second-order valence-electron chi connectivity index (χ2n) is 6.14. The Morgan fingerprint density at radius 1 is 1.25 bits per heavy atom. The van der Waals surface area contributed by atoms with Crippen molar-refractivity contribution in [2.75, 3.05) is 25.0 Å². The number of amides is 1. The van der Waals surface area contributed by atoms with Gasteiger partial charge in [0.1, 0.15) is 5.75 Å². The monoisotopic (exact) mass is 325 g/mol. The molecule has 1 saturated heterocycles. The van der Waals surface area contributed by atoms with E-state index in [1.807, 2.05) is 54.4 Å². The number of ether oxygens (including phenoxy) is 1. The van der Waals surface area contributed by atoms with Crippen molar-refractivity contribution in [1.29, 1.82) is 0 Å². The smallest absolute Gasteiger partial charge is 0.260 e. The fourth-order valence-electron chi connectivity index (χ4n) is 2.83. The molecule has 0 spiro atoms. The fraction of sp³-hybridized carbons (Fsp3) is 0.368. The number of nitrogens with one attached hydrogen (secondary N) is 1. The van der Waals surface area contributed by atoms with Gasteiger partial charge >= 0.3 is 0 Å². The van der Waals surface area contributed by atoms with E-state index in [9.17, 15) is 4.79 Å². The van der Waals surface area contributed by atoms with Crippen LogP contribution < -0.4 is 10.1 Å². The molecule has 1 aliphatic rings. The van der Waals surface area contributed by atoms with Crippen molar-refractivity contribution in [3.05, 3.63) is 54.4 Å². The molecule has 1 aromatic carbocycles. The normalized spacial score (nSPS) is 15.1. The topological polar surface area (TPSA) is 54.5 Å². The Hall–Kier alpha value is -2.56. The van der Waals surface area contributed by atoms with E-state index in [0.29, 0.717) is 6.04 Å². The van der Waals surface area contributed by atoms with Crippen molar-refractivity contribution >= 4 is 11.6 Å². The molecule has 1 aromatic heterocycles. The van der Waals surface area contributed by atoms with E-state index in [-0.39, 0.29) is 12.5 Å². The van der Waals surface area contributed by atoms with Crippen LogP contribution >= 0.6 is 0 Å². The number of likely N-dealkylation sites (tertiary alicyclic amines) is 1. The van der Waals surface area contributed by atoms with Crippen LogP contribution in [0.3, 0.4) is 0 Å². The summed E-state index contributed by atoms with van der Waals surface area (Å²) in [5, 5.41) is 3.47. The maximum absolute atomic E-state index is 12.3. The first-order valence-corrected chi connectivity index (χ1v) is 8.34. The summed E-state index contributed by atoms with van der Waals surface area (Å²) < 4.78 is 5.58. The molecule has 1 N–H and O–H groups in total. The molecule has 126 valence electrons. The number of carbonyl (C=O) groups excluding carboxylic acids is 1. The van der Waals surface area contributed by atoms with E-state index < -0.39 is 0 Å². The van der Waals surface area contributed by atoms with Gasteiger partial charge < -0.3 is 15.0 Å². The molecule has 5 heteroatoms. The highest BCUT2D eigenvalue weighted by molar-refractivity contribution is 5.77. The predicted octanol–water partition coefficient (Wildman–Crippen LogP) is 2.87. The molecule has 5 nitrogen and oxygen atoms in total. The summed E-state index contributed by atoms with van der Waals surface area (Å²) in [6, 6.07) is 12.1. The summed E-state index contributed by atoms with van der Waals surface area (Å²) in [5.41, 5.74) is 2.21. The number of aromatic nitrogens is 1. The number of rotatable bonds is 5. The Morgan fingerprint density at radius 2 is 2.00 bits per heavy atom. The van der Waals surface area contributed by atoms with E-state index in [1.54, 1.807) is 6.20 Å². The number of anilines is 1. The summed E-state index contributed by atoms with van der Waals surface area (Å²) in [7, 11) is 0. The molecular weight excluding hydrogens is 302 g/mol. The van der Waals surface area contributed by atoms with E-state index in [2.05, 4.69) is 10.3 Å². The standard InChI is InChI=1S/C19H23N3O2/c1-15-4-6-18(7-5-15)24-14-19(23)22-11-8-16(9-12-22)21-17-3-2-10-20-13-17/h2-7,10,13,16,21H,8-9,11-12,14H2,1H3. The minimum atomic E-state index is 0.0513. The van der Waals surface area contributed by atoms with Gasteiger partial charge in [0.2, 0.25) is 0 Å². The zero-order chi connectivity index (χ0) is 16.8. The van der Waals surface area contributed by atoms with Gasteiger partial charge in [0.05, 0.1) is 5.69 Å². The molecule has 1 fully saturated rings. The molecule has 0 saturated carbocycles. The van der Waals surface area contributed by atoms with Gasteiger partial charge in [-0.2, -0.15) is 0 Å². The van der Waals surface area contributed by atoms with E-state index in [1.165, 1.54) is 5.56 Å². The van der Waals surface area contributed by atoms with Crippen molar-refractivity contribution in [3.63, 3.8) is 0 Å². The maximum atomic E-state index is 12.3. The minimum Gasteiger partial charge on any atom is -0.484 e. The van der Waals surface area contributed by atoms with E-state index in [0.717, 1.165) is 37.4 Å². The van der Waals surface area contributed by atoms with Gasteiger partial charge in [-0.3, -0.25) is 9.78 Å². The molecule has 1 aliphatic heterocycles. The van der Waals surface area contributed by atoms with Crippen LogP contribution in [-0.4, -0.2) is 41.5 Å². The van der Waals surface area contributed by atoms with E-state index in [4.69, 9.17) is 4.74 Å². The third kappa shape index (κ3) is 4.47. The van der Waals surface area contributed by atoms with Crippen LogP contribution in [0.4, 0.5) is 5.69 Å². The second-order valence-corrected chi connectivity index (χ2v) is 6.14. The van der Waals surface area contributed by atoms with Gasteiger partial charge in [-0.05, 0) is 44.0 Å². The van der Waals surface area contributed by atoms with Gasteiger partial charge in [0, 0.05) is 31.5 Å². The Labute approximate surface area is 142 Å².